The van der Waals surface area contributed by atoms with E-state index in [1.165, 1.54) is 17.7 Å². The molecule has 0 spiro atoms. The molecule has 1 aromatic rings. The van der Waals surface area contributed by atoms with Gasteiger partial charge in [0.15, 0.2) is 0 Å². The van der Waals surface area contributed by atoms with E-state index in [0.717, 1.165) is 65.1 Å². The predicted molar refractivity (Wildman–Crippen MR) is 141 cm³/mol. The molecule has 0 bridgehead atoms. The molecule has 0 radical (unpaired) electrons. The molecule has 0 N–H and O–H groups in total. The Morgan fingerprint density at radius 2 is 1.68 bits per heavy atom. The topological polar surface area (TPSA) is 47.1 Å². The zero-order valence-corrected chi connectivity index (χ0v) is 22.3. The van der Waals surface area contributed by atoms with Gasteiger partial charge in [0.05, 0.1) is 5.25 Å². The van der Waals surface area contributed by atoms with Crippen LogP contribution in [0.25, 0.3) is 0 Å². The molecule has 0 aromatic heterocycles. The lowest BCUT2D eigenvalue weighted by molar-refractivity contribution is -0.136. The van der Waals surface area contributed by atoms with Crippen LogP contribution in [0.15, 0.2) is 24.3 Å². The third-order valence-corrected chi connectivity index (χ3v) is 8.82. The van der Waals surface area contributed by atoms with Crippen LogP contribution in [0.4, 0.5) is 5.69 Å². The van der Waals surface area contributed by atoms with Gasteiger partial charge in [0.2, 0.25) is 11.8 Å². The molecular weight excluding hydrogens is 444 g/mol. The molecule has 3 aliphatic rings. The highest BCUT2D eigenvalue weighted by atomic mass is 32.2. The standard InChI is InChI=1S/C27H42N4O2S/c1-27(2,3)12-15-31-25(33)23(20-24(32)30-13-8-5-9-14-30)34-26(31)21-10-6-7-11-22(21)29-18-16-28(4)17-19-29/h6-7,10-11,23,26H,5,8-9,12-20H2,1-4H3/t23?,26-/m1/s1. The van der Waals surface area contributed by atoms with Crippen LogP contribution in [0.1, 0.15) is 63.8 Å². The van der Waals surface area contributed by atoms with Gasteiger partial charge in [-0.15, -0.1) is 11.8 Å². The van der Waals surface area contributed by atoms with Gasteiger partial charge in [-0.25, -0.2) is 0 Å². The molecule has 3 heterocycles. The first kappa shape index (κ1) is 25.4. The summed E-state index contributed by atoms with van der Waals surface area (Å²) in [5.74, 6) is 0.284. The molecule has 0 saturated carbocycles. The predicted octanol–water partition coefficient (Wildman–Crippen LogP) is 4.22. The number of carbonyl (C=O) groups is 2. The Bertz CT molecular complexity index is 856. The lowest BCUT2D eigenvalue weighted by Crippen LogP contribution is -2.45. The maximum Gasteiger partial charge on any atom is 0.237 e. The molecule has 3 fully saturated rings. The van der Waals surface area contributed by atoms with Crippen molar-refractivity contribution in [3.8, 4) is 0 Å². The van der Waals surface area contributed by atoms with E-state index in [0.29, 0.717) is 6.42 Å². The highest BCUT2D eigenvalue weighted by Gasteiger charge is 2.43. The maximum atomic E-state index is 13.7. The lowest BCUT2D eigenvalue weighted by atomic mass is 9.92. The summed E-state index contributed by atoms with van der Waals surface area (Å²) in [6.07, 6.45) is 4.63. The third kappa shape index (κ3) is 6.09. The molecule has 6 nitrogen and oxygen atoms in total. The van der Waals surface area contributed by atoms with Crippen molar-refractivity contribution in [3.63, 3.8) is 0 Å². The first-order chi connectivity index (χ1) is 16.2. The van der Waals surface area contributed by atoms with Crippen LogP contribution in [0.2, 0.25) is 0 Å². The van der Waals surface area contributed by atoms with Gasteiger partial charge in [0.25, 0.3) is 0 Å². The van der Waals surface area contributed by atoms with Gasteiger partial charge < -0.3 is 19.6 Å². The molecule has 1 aromatic carbocycles. The van der Waals surface area contributed by atoms with E-state index in [1.54, 1.807) is 11.8 Å². The SMILES string of the molecule is CN1CCN(c2ccccc2[C@H]2SC(CC(=O)N3CCCCC3)C(=O)N2CCC(C)(C)C)CC1. The fourth-order valence-electron chi connectivity index (χ4n) is 5.11. The van der Waals surface area contributed by atoms with Crippen molar-refractivity contribution in [2.24, 2.45) is 5.41 Å². The maximum absolute atomic E-state index is 13.7. The summed E-state index contributed by atoms with van der Waals surface area (Å²) < 4.78 is 0. The first-order valence-electron chi connectivity index (χ1n) is 13.0. The number of thioether (sulfide) groups is 1. The Kier molecular flexibility index (Phi) is 8.13. The number of hydrogen-bond acceptors (Lipinski definition) is 5. The number of piperidine rings is 1. The number of likely N-dealkylation sites (tertiary alicyclic amines) is 1. The second kappa shape index (κ2) is 10.9. The van der Waals surface area contributed by atoms with Crippen molar-refractivity contribution < 1.29 is 9.59 Å². The number of hydrogen-bond donors (Lipinski definition) is 0. The number of carbonyl (C=O) groups excluding carboxylic acids is 2. The van der Waals surface area contributed by atoms with Crippen molar-refractivity contribution >= 4 is 29.3 Å². The molecule has 3 aliphatic heterocycles. The Morgan fingerprint density at radius 3 is 2.35 bits per heavy atom. The Labute approximate surface area is 210 Å². The van der Waals surface area contributed by atoms with Gasteiger partial charge in [-0.2, -0.15) is 0 Å². The van der Waals surface area contributed by atoms with Crippen molar-refractivity contribution in [1.29, 1.82) is 0 Å². The summed E-state index contributed by atoms with van der Waals surface area (Å²) in [7, 11) is 2.17. The van der Waals surface area contributed by atoms with Crippen LogP contribution >= 0.6 is 11.8 Å². The number of rotatable bonds is 6. The molecule has 1 unspecified atom stereocenters. The summed E-state index contributed by atoms with van der Waals surface area (Å²) in [4.78, 5) is 35.6. The van der Waals surface area contributed by atoms with E-state index in [4.69, 9.17) is 0 Å². The molecule has 2 atom stereocenters. The summed E-state index contributed by atoms with van der Waals surface area (Å²) >= 11 is 1.69. The zero-order valence-electron chi connectivity index (χ0n) is 21.5. The van der Waals surface area contributed by atoms with Crippen LogP contribution in [-0.2, 0) is 9.59 Å². The van der Waals surface area contributed by atoms with E-state index < -0.39 is 0 Å². The van der Waals surface area contributed by atoms with Gasteiger partial charge >= 0.3 is 0 Å². The van der Waals surface area contributed by atoms with Crippen molar-refractivity contribution in [3.05, 3.63) is 29.8 Å². The lowest BCUT2D eigenvalue weighted by Gasteiger charge is -2.37. The molecule has 4 rings (SSSR count). The summed E-state index contributed by atoms with van der Waals surface area (Å²) in [6.45, 7) is 13.2. The molecular formula is C27H42N4O2S. The number of likely N-dealkylation sites (N-methyl/N-ethyl adjacent to an activating group) is 1. The van der Waals surface area contributed by atoms with E-state index in [2.05, 4.69) is 66.8 Å². The van der Waals surface area contributed by atoms with E-state index in [9.17, 15) is 9.59 Å². The van der Waals surface area contributed by atoms with Crippen LogP contribution in [0.5, 0.6) is 0 Å². The molecule has 34 heavy (non-hydrogen) atoms. The fourth-order valence-corrected chi connectivity index (χ4v) is 6.61. The molecule has 188 valence electrons. The Morgan fingerprint density at radius 1 is 1.00 bits per heavy atom. The van der Waals surface area contributed by atoms with Crippen molar-refractivity contribution in [2.75, 3.05) is 57.8 Å². The number of nitrogens with zero attached hydrogens (tertiary/aromatic N) is 4. The highest BCUT2D eigenvalue weighted by molar-refractivity contribution is 8.01. The second-order valence-corrected chi connectivity index (χ2v) is 12.6. The number of piperazine rings is 1. The van der Waals surface area contributed by atoms with E-state index in [1.807, 2.05) is 4.90 Å². The van der Waals surface area contributed by atoms with Gasteiger partial charge in [-0.3, -0.25) is 9.59 Å². The minimum absolute atomic E-state index is 0.0372. The number of para-hydroxylation sites is 1. The van der Waals surface area contributed by atoms with Crippen molar-refractivity contribution in [2.45, 2.75) is 63.5 Å². The third-order valence-electron chi connectivity index (χ3n) is 7.35. The average Bonchev–Trinajstić information content (AvgIpc) is 3.13. The zero-order chi connectivity index (χ0) is 24.3. The largest absolute Gasteiger partial charge is 0.369 e. The smallest absolute Gasteiger partial charge is 0.237 e. The second-order valence-electron chi connectivity index (χ2n) is 11.3. The highest BCUT2D eigenvalue weighted by Crippen LogP contribution is 2.47. The summed E-state index contributed by atoms with van der Waals surface area (Å²) in [5, 5.41) is -0.329. The van der Waals surface area contributed by atoms with Crippen LogP contribution in [-0.4, -0.2) is 84.6 Å². The average molecular weight is 487 g/mol. The summed E-state index contributed by atoms with van der Waals surface area (Å²) in [6, 6.07) is 8.60. The van der Waals surface area contributed by atoms with Gasteiger partial charge in [-0.1, -0.05) is 39.0 Å². The molecule has 2 amide bonds. The van der Waals surface area contributed by atoms with E-state index in [-0.39, 0.29) is 27.9 Å². The van der Waals surface area contributed by atoms with Crippen LogP contribution in [0.3, 0.4) is 0 Å². The summed E-state index contributed by atoms with van der Waals surface area (Å²) in [5.41, 5.74) is 2.60. The first-order valence-corrected chi connectivity index (χ1v) is 13.9. The van der Waals surface area contributed by atoms with Crippen molar-refractivity contribution in [1.82, 2.24) is 14.7 Å². The fraction of sp³-hybridized carbons (Fsp3) is 0.704. The van der Waals surface area contributed by atoms with Crippen LogP contribution in [0, 0.1) is 5.41 Å². The molecule has 0 aliphatic carbocycles. The quantitative estimate of drug-likeness (QED) is 0.603. The molecule has 7 heteroatoms. The number of benzene rings is 1. The number of amides is 2. The minimum Gasteiger partial charge on any atom is -0.369 e. The normalized spacial score (nSPS) is 24.7. The van der Waals surface area contributed by atoms with Gasteiger partial charge in [0.1, 0.15) is 5.37 Å². The van der Waals surface area contributed by atoms with E-state index >= 15 is 0 Å². The minimum atomic E-state index is -0.292. The van der Waals surface area contributed by atoms with Crippen LogP contribution < -0.4 is 4.90 Å². The Hall–Kier alpha value is -1.73. The van der Waals surface area contributed by atoms with Gasteiger partial charge in [0, 0.05) is 63.5 Å². The van der Waals surface area contributed by atoms with Gasteiger partial charge in [-0.05, 0) is 44.2 Å². The molecule has 3 saturated heterocycles. The monoisotopic (exact) mass is 486 g/mol. The number of anilines is 1. The Balaban J connectivity index is 1.56.